The van der Waals surface area contributed by atoms with Gasteiger partial charge in [0.2, 0.25) is 5.88 Å². The summed E-state index contributed by atoms with van der Waals surface area (Å²) in [4.78, 5) is 11.0. The minimum absolute atomic E-state index is 0.210. The zero-order valence-electron chi connectivity index (χ0n) is 17.8. The minimum atomic E-state index is -0.483. The number of fused-ring (bicyclic) bond motifs is 1. The van der Waals surface area contributed by atoms with Crippen molar-refractivity contribution >= 4 is 39.7 Å². The summed E-state index contributed by atoms with van der Waals surface area (Å²) in [5, 5.41) is 12.0. The zero-order valence-corrected chi connectivity index (χ0v) is 18.5. The van der Waals surface area contributed by atoms with Crippen molar-refractivity contribution < 1.29 is 13.9 Å². The molecule has 168 valence electrons. The predicted molar refractivity (Wildman–Crippen MR) is 125 cm³/mol. The number of rotatable bonds is 5. The van der Waals surface area contributed by atoms with Crippen molar-refractivity contribution in [3.8, 4) is 17.1 Å². The van der Waals surface area contributed by atoms with Crippen LogP contribution in [0.4, 0.5) is 21.6 Å². The van der Waals surface area contributed by atoms with Gasteiger partial charge in [-0.25, -0.2) is 14.4 Å². The number of halogens is 2. The average Bonchev–Trinajstić information content (AvgIpc) is 2.86. The van der Waals surface area contributed by atoms with Gasteiger partial charge in [0.1, 0.15) is 12.1 Å². The summed E-state index contributed by atoms with van der Waals surface area (Å²) in [6.45, 7) is 3.02. The standard InChI is InChI=1S/C23H20ClFN6O2/c1-32-22-5-4-21(29-30-22)28-20-11-16(18(25)12-17(20)24)23-15-3-2-14(10-19(15)26-13-27-23)31-6-8-33-9-7-31/h2-5,10-13H,6-9H2,1H3,(H,28,29). The number of morpholine rings is 1. The number of nitrogens with zero attached hydrogens (tertiary/aromatic N) is 5. The molecule has 5 rings (SSSR count). The van der Waals surface area contributed by atoms with Gasteiger partial charge in [0.25, 0.3) is 0 Å². The number of benzene rings is 2. The number of methoxy groups -OCH3 is 1. The first-order chi connectivity index (χ1) is 16.1. The zero-order chi connectivity index (χ0) is 22.8. The highest BCUT2D eigenvalue weighted by molar-refractivity contribution is 6.33. The lowest BCUT2D eigenvalue weighted by atomic mass is 10.0. The molecule has 10 heteroatoms. The lowest BCUT2D eigenvalue weighted by molar-refractivity contribution is 0.122. The third kappa shape index (κ3) is 4.37. The van der Waals surface area contributed by atoms with Crippen LogP contribution in [-0.2, 0) is 4.74 Å². The monoisotopic (exact) mass is 466 g/mol. The molecule has 0 saturated carbocycles. The van der Waals surface area contributed by atoms with Crippen molar-refractivity contribution in [2.45, 2.75) is 0 Å². The first-order valence-electron chi connectivity index (χ1n) is 10.3. The second-order valence-electron chi connectivity index (χ2n) is 7.42. The molecule has 1 aliphatic rings. The Bertz CT molecular complexity index is 1300. The van der Waals surface area contributed by atoms with E-state index < -0.39 is 5.82 Å². The molecule has 0 spiro atoms. The summed E-state index contributed by atoms with van der Waals surface area (Å²) in [7, 11) is 1.51. The Morgan fingerprint density at radius 2 is 1.91 bits per heavy atom. The summed E-state index contributed by atoms with van der Waals surface area (Å²) in [5.41, 5.74) is 3.03. The highest BCUT2D eigenvalue weighted by Crippen LogP contribution is 2.35. The molecule has 0 aliphatic carbocycles. The van der Waals surface area contributed by atoms with Crippen LogP contribution < -0.4 is 15.0 Å². The van der Waals surface area contributed by atoms with E-state index in [9.17, 15) is 0 Å². The van der Waals surface area contributed by atoms with Crippen LogP contribution >= 0.6 is 11.6 Å². The molecule has 3 heterocycles. The SMILES string of the molecule is COc1ccc(Nc2cc(-c3ncnc4cc(N5CCOCC5)ccc34)c(F)cc2Cl)nn1. The van der Waals surface area contributed by atoms with Crippen molar-refractivity contribution in [2.75, 3.05) is 43.6 Å². The molecule has 1 N–H and O–H groups in total. The number of nitrogens with one attached hydrogen (secondary N) is 1. The molecular formula is C23H20ClFN6O2. The highest BCUT2D eigenvalue weighted by Gasteiger charge is 2.17. The molecule has 0 atom stereocenters. The van der Waals surface area contributed by atoms with Crippen LogP contribution in [-0.4, -0.2) is 53.6 Å². The van der Waals surface area contributed by atoms with Crippen molar-refractivity contribution in [1.29, 1.82) is 0 Å². The van der Waals surface area contributed by atoms with Gasteiger partial charge < -0.3 is 19.7 Å². The summed E-state index contributed by atoms with van der Waals surface area (Å²) in [6, 6.07) is 12.1. The fraction of sp³-hybridized carbons (Fsp3) is 0.217. The molecule has 33 heavy (non-hydrogen) atoms. The Labute approximate surface area is 194 Å². The summed E-state index contributed by atoms with van der Waals surface area (Å²) in [5.74, 6) is 0.344. The van der Waals surface area contributed by atoms with E-state index in [1.807, 2.05) is 18.2 Å². The van der Waals surface area contributed by atoms with Gasteiger partial charge in [-0.05, 0) is 36.4 Å². The van der Waals surface area contributed by atoms with Crippen molar-refractivity contribution in [1.82, 2.24) is 20.2 Å². The first-order valence-corrected chi connectivity index (χ1v) is 10.7. The lowest BCUT2D eigenvalue weighted by Crippen LogP contribution is -2.36. The van der Waals surface area contributed by atoms with Crippen LogP contribution in [0, 0.1) is 5.82 Å². The van der Waals surface area contributed by atoms with Gasteiger partial charge in [0, 0.05) is 35.8 Å². The fourth-order valence-electron chi connectivity index (χ4n) is 3.74. The Morgan fingerprint density at radius 3 is 2.67 bits per heavy atom. The number of anilines is 3. The van der Waals surface area contributed by atoms with Crippen LogP contribution in [0.5, 0.6) is 5.88 Å². The molecule has 0 unspecified atom stereocenters. The van der Waals surface area contributed by atoms with E-state index in [4.69, 9.17) is 21.1 Å². The van der Waals surface area contributed by atoms with E-state index in [2.05, 4.69) is 30.4 Å². The number of hydrogen-bond donors (Lipinski definition) is 1. The Morgan fingerprint density at radius 1 is 1.06 bits per heavy atom. The predicted octanol–water partition coefficient (Wildman–Crippen LogP) is 4.47. The van der Waals surface area contributed by atoms with E-state index in [-0.39, 0.29) is 5.02 Å². The summed E-state index contributed by atoms with van der Waals surface area (Å²) >= 11 is 6.30. The normalized spacial score (nSPS) is 13.8. The van der Waals surface area contributed by atoms with Crippen molar-refractivity contribution in [3.05, 3.63) is 59.6 Å². The molecule has 2 aromatic heterocycles. The van der Waals surface area contributed by atoms with E-state index in [0.29, 0.717) is 41.9 Å². The van der Waals surface area contributed by atoms with Crippen LogP contribution in [0.3, 0.4) is 0 Å². The third-order valence-corrected chi connectivity index (χ3v) is 5.73. The van der Waals surface area contributed by atoms with Gasteiger partial charge in [-0.15, -0.1) is 10.2 Å². The summed E-state index contributed by atoms with van der Waals surface area (Å²) in [6.07, 6.45) is 1.44. The number of ether oxygens (including phenoxy) is 2. The summed E-state index contributed by atoms with van der Waals surface area (Å²) < 4.78 is 25.5. The van der Waals surface area contributed by atoms with Crippen molar-refractivity contribution in [3.63, 3.8) is 0 Å². The Hall–Kier alpha value is -3.56. The molecule has 0 radical (unpaired) electrons. The maximum atomic E-state index is 15.0. The molecule has 4 aromatic rings. The largest absolute Gasteiger partial charge is 0.480 e. The van der Waals surface area contributed by atoms with Crippen LogP contribution in [0.25, 0.3) is 22.2 Å². The maximum Gasteiger partial charge on any atom is 0.233 e. The third-order valence-electron chi connectivity index (χ3n) is 5.42. The molecule has 8 nitrogen and oxygen atoms in total. The molecule has 0 bridgehead atoms. The highest BCUT2D eigenvalue weighted by atomic mass is 35.5. The second-order valence-corrected chi connectivity index (χ2v) is 7.83. The van der Waals surface area contributed by atoms with Gasteiger partial charge in [-0.2, -0.15) is 0 Å². The first kappa shape index (κ1) is 21.3. The van der Waals surface area contributed by atoms with E-state index >= 15 is 4.39 Å². The van der Waals surface area contributed by atoms with Crippen LogP contribution in [0.2, 0.25) is 5.02 Å². The second kappa shape index (κ2) is 9.13. The van der Waals surface area contributed by atoms with Gasteiger partial charge in [0.15, 0.2) is 5.82 Å². The quantitative estimate of drug-likeness (QED) is 0.461. The number of hydrogen-bond acceptors (Lipinski definition) is 8. The topological polar surface area (TPSA) is 85.3 Å². The van der Waals surface area contributed by atoms with E-state index in [0.717, 1.165) is 29.7 Å². The fourth-order valence-corrected chi connectivity index (χ4v) is 3.94. The maximum absolute atomic E-state index is 15.0. The number of aromatic nitrogens is 4. The van der Waals surface area contributed by atoms with Gasteiger partial charge in [-0.3, -0.25) is 0 Å². The van der Waals surface area contributed by atoms with Crippen LogP contribution in [0.15, 0.2) is 48.8 Å². The van der Waals surface area contributed by atoms with Crippen LogP contribution in [0.1, 0.15) is 0 Å². The lowest BCUT2D eigenvalue weighted by Gasteiger charge is -2.29. The molecule has 1 aliphatic heterocycles. The van der Waals surface area contributed by atoms with Gasteiger partial charge in [-0.1, -0.05) is 11.6 Å². The Kier molecular flexibility index (Phi) is 5.89. The molecule has 1 fully saturated rings. The molecule has 0 amide bonds. The van der Waals surface area contributed by atoms with Gasteiger partial charge in [0.05, 0.1) is 42.2 Å². The molecule has 1 saturated heterocycles. The smallest absolute Gasteiger partial charge is 0.233 e. The van der Waals surface area contributed by atoms with Gasteiger partial charge >= 0.3 is 0 Å². The van der Waals surface area contributed by atoms with Crippen molar-refractivity contribution in [2.24, 2.45) is 0 Å². The molecule has 2 aromatic carbocycles. The Balaban J connectivity index is 1.52. The minimum Gasteiger partial charge on any atom is -0.480 e. The average molecular weight is 467 g/mol. The van der Waals surface area contributed by atoms with E-state index in [1.54, 1.807) is 18.2 Å². The molecular weight excluding hydrogens is 447 g/mol. The van der Waals surface area contributed by atoms with E-state index in [1.165, 1.54) is 19.5 Å².